The van der Waals surface area contributed by atoms with Crippen LogP contribution in [0.5, 0.6) is 5.75 Å². The Balaban J connectivity index is 1.67. The van der Waals surface area contributed by atoms with Gasteiger partial charge in [-0.1, -0.05) is 17.3 Å². The predicted octanol–water partition coefficient (Wildman–Crippen LogP) is 3.46. The van der Waals surface area contributed by atoms with Crippen molar-refractivity contribution in [3.63, 3.8) is 0 Å². The Morgan fingerprint density at radius 3 is 2.81 bits per heavy atom. The molecule has 1 heterocycles. The summed E-state index contributed by atoms with van der Waals surface area (Å²) in [4.78, 5) is 27.4. The van der Waals surface area contributed by atoms with Gasteiger partial charge in [0, 0.05) is 19.7 Å². The minimum Gasteiger partial charge on any atom is -0.493 e. The van der Waals surface area contributed by atoms with E-state index in [1.807, 2.05) is 19.1 Å². The van der Waals surface area contributed by atoms with E-state index < -0.39 is 10.9 Å². The number of nitrogens with zero attached hydrogens (tertiary/aromatic N) is 3. The lowest BCUT2D eigenvalue weighted by Crippen LogP contribution is -2.11. The lowest BCUT2D eigenvalue weighted by atomic mass is 10.1. The van der Waals surface area contributed by atoms with E-state index in [0.717, 1.165) is 6.07 Å². The van der Waals surface area contributed by atoms with Gasteiger partial charge in [-0.05, 0) is 31.2 Å². The lowest BCUT2D eigenvalue weighted by Gasteiger charge is -2.08. The van der Waals surface area contributed by atoms with Crippen LogP contribution in [0.15, 0.2) is 47.0 Å². The first-order chi connectivity index (χ1) is 15.5. The molecule has 11 heteroatoms. The lowest BCUT2D eigenvalue weighted by molar-refractivity contribution is -0.384. The first kappa shape index (κ1) is 22.7. The van der Waals surface area contributed by atoms with E-state index in [2.05, 4.69) is 15.5 Å². The highest BCUT2D eigenvalue weighted by atomic mass is 16.6. The number of nitro benzene ring substituents is 1. The van der Waals surface area contributed by atoms with Gasteiger partial charge in [0.05, 0.1) is 29.3 Å². The zero-order chi connectivity index (χ0) is 22.9. The normalized spacial score (nSPS) is 10.6. The number of nitro groups is 1. The number of carbonyl (C=O) groups is 1. The fourth-order valence-electron chi connectivity index (χ4n) is 2.81. The number of rotatable bonds is 11. The van der Waals surface area contributed by atoms with E-state index in [4.69, 9.17) is 18.7 Å². The maximum Gasteiger partial charge on any atom is 0.338 e. The Kier molecular flexibility index (Phi) is 7.70. The monoisotopic (exact) mass is 442 g/mol. The molecule has 0 saturated heterocycles. The van der Waals surface area contributed by atoms with Crippen molar-refractivity contribution in [3.05, 3.63) is 64.0 Å². The van der Waals surface area contributed by atoms with Gasteiger partial charge in [-0.3, -0.25) is 10.1 Å². The minimum absolute atomic E-state index is 0.0235. The molecule has 0 spiro atoms. The maximum atomic E-state index is 12.4. The molecule has 3 aromatic rings. The summed E-state index contributed by atoms with van der Waals surface area (Å²) in [5.74, 6) is 0.214. The van der Waals surface area contributed by atoms with Crippen LogP contribution in [0.2, 0.25) is 0 Å². The summed E-state index contributed by atoms with van der Waals surface area (Å²) in [6.45, 7) is 2.82. The Labute approximate surface area is 183 Å². The highest BCUT2D eigenvalue weighted by molar-refractivity contribution is 5.91. The summed E-state index contributed by atoms with van der Waals surface area (Å²) in [7, 11) is 1.53. The molecular formula is C21H22N4O7. The highest BCUT2D eigenvalue weighted by Gasteiger charge is 2.19. The summed E-state index contributed by atoms with van der Waals surface area (Å²) in [5, 5.41) is 18.1. The van der Waals surface area contributed by atoms with Crippen molar-refractivity contribution in [1.82, 2.24) is 10.1 Å². The van der Waals surface area contributed by atoms with Gasteiger partial charge in [-0.25, -0.2) is 4.79 Å². The number of nitrogens with one attached hydrogen (secondary N) is 1. The Bertz CT molecular complexity index is 1080. The van der Waals surface area contributed by atoms with Gasteiger partial charge in [-0.15, -0.1) is 0 Å². The first-order valence-electron chi connectivity index (χ1n) is 9.76. The first-order valence-corrected chi connectivity index (χ1v) is 9.76. The minimum atomic E-state index is -0.758. The number of benzene rings is 2. The van der Waals surface area contributed by atoms with Crippen molar-refractivity contribution in [3.8, 4) is 17.1 Å². The number of para-hydroxylation sites is 1. The van der Waals surface area contributed by atoms with Crippen molar-refractivity contribution in [2.45, 2.75) is 13.5 Å². The highest BCUT2D eigenvalue weighted by Crippen LogP contribution is 2.28. The smallest absolute Gasteiger partial charge is 0.338 e. The van der Waals surface area contributed by atoms with Crippen molar-refractivity contribution in [1.29, 1.82) is 0 Å². The van der Waals surface area contributed by atoms with Crippen LogP contribution in [-0.2, 0) is 16.1 Å². The molecule has 0 amide bonds. The molecule has 168 valence electrons. The van der Waals surface area contributed by atoms with Crippen LogP contribution in [0.4, 0.5) is 11.4 Å². The fourth-order valence-corrected chi connectivity index (χ4v) is 2.81. The molecule has 11 nitrogen and oxygen atoms in total. The van der Waals surface area contributed by atoms with Gasteiger partial charge in [0.15, 0.2) is 6.61 Å². The van der Waals surface area contributed by atoms with Crippen molar-refractivity contribution in [2.75, 3.05) is 32.2 Å². The second-order valence-corrected chi connectivity index (χ2v) is 6.43. The van der Waals surface area contributed by atoms with E-state index in [0.29, 0.717) is 36.9 Å². The molecule has 0 bridgehead atoms. The van der Waals surface area contributed by atoms with Crippen LogP contribution in [0.25, 0.3) is 11.4 Å². The summed E-state index contributed by atoms with van der Waals surface area (Å²) >= 11 is 0. The van der Waals surface area contributed by atoms with Gasteiger partial charge in [0.25, 0.3) is 11.6 Å². The van der Waals surface area contributed by atoms with Gasteiger partial charge in [0.1, 0.15) is 11.4 Å². The van der Waals surface area contributed by atoms with Crippen LogP contribution >= 0.6 is 0 Å². The van der Waals surface area contributed by atoms with E-state index >= 15 is 0 Å². The van der Waals surface area contributed by atoms with Crippen LogP contribution in [0.1, 0.15) is 23.2 Å². The summed E-state index contributed by atoms with van der Waals surface area (Å²) in [5.41, 5.74) is 0.694. The quantitative estimate of drug-likeness (QED) is 0.203. The maximum absolute atomic E-state index is 12.4. The second kappa shape index (κ2) is 10.9. The van der Waals surface area contributed by atoms with Crippen LogP contribution in [0.3, 0.4) is 0 Å². The van der Waals surface area contributed by atoms with Gasteiger partial charge >= 0.3 is 5.97 Å². The molecule has 0 aliphatic rings. The van der Waals surface area contributed by atoms with Crippen molar-refractivity contribution >= 4 is 17.3 Å². The Hall–Kier alpha value is -3.99. The third-order valence-electron chi connectivity index (χ3n) is 4.27. The Morgan fingerprint density at radius 2 is 2.06 bits per heavy atom. The third kappa shape index (κ3) is 5.58. The zero-order valence-electron chi connectivity index (χ0n) is 17.6. The number of anilines is 1. The van der Waals surface area contributed by atoms with E-state index in [1.165, 1.54) is 19.2 Å². The van der Waals surface area contributed by atoms with Crippen LogP contribution < -0.4 is 10.1 Å². The van der Waals surface area contributed by atoms with E-state index in [9.17, 15) is 14.9 Å². The summed E-state index contributed by atoms with van der Waals surface area (Å²) in [6.07, 6.45) is 0. The molecule has 0 aliphatic carbocycles. The molecule has 3 rings (SSSR count). The SMILES string of the molecule is CCOc1ccccc1-c1noc(COC(=O)c2ccc(NCCOC)c([N+](=O)[O-])c2)n1. The number of esters is 1. The topological polar surface area (TPSA) is 139 Å². The number of methoxy groups -OCH3 is 1. The molecule has 32 heavy (non-hydrogen) atoms. The van der Waals surface area contributed by atoms with Gasteiger partial charge in [-0.2, -0.15) is 4.98 Å². The molecule has 0 saturated carbocycles. The molecule has 0 radical (unpaired) electrons. The van der Waals surface area contributed by atoms with E-state index in [1.54, 1.807) is 12.1 Å². The number of carbonyl (C=O) groups excluding carboxylic acids is 1. The van der Waals surface area contributed by atoms with Crippen molar-refractivity contribution in [2.24, 2.45) is 0 Å². The number of hydrogen-bond donors (Lipinski definition) is 1. The Morgan fingerprint density at radius 1 is 1.25 bits per heavy atom. The average molecular weight is 442 g/mol. The molecule has 0 fully saturated rings. The fraction of sp³-hybridized carbons (Fsp3) is 0.286. The molecule has 1 N–H and O–H groups in total. The summed E-state index contributed by atoms with van der Waals surface area (Å²) < 4.78 is 20.8. The largest absolute Gasteiger partial charge is 0.493 e. The molecular weight excluding hydrogens is 420 g/mol. The summed E-state index contributed by atoms with van der Waals surface area (Å²) in [6, 6.07) is 11.2. The van der Waals surface area contributed by atoms with Crippen LogP contribution in [0, 0.1) is 10.1 Å². The van der Waals surface area contributed by atoms with Crippen LogP contribution in [-0.4, -0.2) is 47.9 Å². The molecule has 2 aromatic carbocycles. The third-order valence-corrected chi connectivity index (χ3v) is 4.27. The number of aromatic nitrogens is 2. The second-order valence-electron chi connectivity index (χ2n) is 6.43. The molecule has 1 aromatic heterocycles. The standard InChI is InChI=1S/C21H22N4O7/c1-3-30-18-7-5-4-6-15(18)20-23-19(32-24-20)13-31-21(26)14-8-9-16(22-10-11-29-2)17(12-14)25(27)28/h4-9,12,22H,3,10-11,13H2,1-2H3. The molecule has 0 atom stereocenters. The van der Waals surface area contributed by atoms with E-state index in [-0.39, 0.29) is 29.4 Å². The molecule has 0 unspecified atom stereocenters. The average Bonchev–Trinajstić information content (AvgIpc) is 3.27. The number of ether oxygens (including phenoxy) is 3. The van der Waals surface area contributed by atoms with Gasteiger partial charge in [0.2, 0.25) is 5.82 Å². The molecule has 0 aliphatic heterocycles. The zero-order valence-corrected chi connectivity index (χ0v) is 17.6. The van der Waals surface area contributed by atoms with Gasteiger partial charge < -0.3 is 24.1 Å². The number of hydrogen-bond acceptors (Lipinski definition) is 10. The predicted molar refractivity (Wildman–Crippen MR) is 113 cm³/mol. The van der Waals surface area contributed by atoms with Crippen molar-refractivity contribution < 1.29 is 28.5 Å².